The van der Waals surface area contributed by atoms with Crippen LogP contribution >= 0.6 is 11.6 Å². The molecule has 0 saturated carbocycles. The minimum absolute atomic E-state index is 0.285. The highest BCUT2D eigenvalue weighted by Gasteiger charge is 2.30. The first-order chi connectivity index (χ1) is 17.0. The SMILES string of the molecule is NC(CO)(CO)c1cc2cc(-c3noc(-c4ccc(OCc5ccccc5)c(Cl)c4)n3)ccc2o1. The van der Waals surface area contributed by atoms with Gasteiger partial charge in [-0.3, -0.25) is 0 Å². The molecule has 5 aromatic rings. The second-order valence-corrected chi connectivity index (χ2v) is 8.59. The number of ether oxygens (including phenoxy) is 1. The molecule has 0 aliphatic carbocycles. The van der Waals surface area contributed by atoms with E-state index in [1.807, 2.05) is 36.4 Å². The summed E-state index contributed by atoms with van der Waals surface area (Å²) in [6, 6.07) is 22.1. The van der Waals surface area contributed by atoms with Gasteiger partial charge in [-0.25, -0.2) is 0 Å². The van der Waals surface area contributed by atoms with Crippen LogP contribution in [-0.2, 0) is 12.1 Å². The molecule has 0 saturated heterocycles. The van der Waals surface area contributed by atoms with Crippen LogP contribution in [0.5, 0.6) is 5.75 Å². The molecule has 0 spiro atoms. The van der Waals surface area contributed by atoms with E-state index in [1.54, 1.807) is 36.4 Å². The summed E-state index contributed by atoms with van der Waals surface area (Å²) in [5, 5.41) is 24.3. The Kier molecular flexibility index (Phi) is 6.27. The Balaban J connectivity index is 1.36. The lowest BCUT2D eigenvalue weighted by atomic mass is 10.00. The van der Waals surface area contributed by atoms with Gasteiger partial charge in [0, 0.05) is 16.5 Å². The molecule has 2 aromatic heterocycles. The smallest absolute Gasteiger partial charge is 0.258 e. The molecule has 2 heterocycles. The highest BCUT2D eigenvalue weighted by atomic mass is 35.5. The lowest BCUT2D eigenvalue weighted by Crippen LogP contribution is -2.43. The number of benzene rings is 3. The largest absolute Gasteiger partial charge is 0.487 e. The van der Waals surface area contributed by atoms with Crippen LogP contribution in [0.4, 0.5) is 0 Å². The summed E-state index contributed by atoms with van der Waals surface area (Å²) in [5.74, 6) is 1.54. The number of aliphatic hydroxyl groups excluding tert-OH is 2. The highest BCUT2D eigenvalue weighted by molar-refractivity contribution is 6.32. The van der Waals surface area contributed by atoms with E-state index in [0.29, 0.717) is 45.8 Å². The van der Waals surface area contributed by atoms with Crippen LogP contribution in [0.2, 0.25) is 5.02 Å². The van der Waals surface area contributed by atoms with Crippen LogP contribution in [0.15, 0.2) is 81.7 Å². The summed E-state index contributed by atoms with van der Waals surface area (Å²) in [4.78, 5) is 4.50. The number of aromatic nitrogens is 2. The second kappa shape index (κ2) is 9.52. The Bertz CT molecular complexity index is 1460. The molecule has 4 N–H and O–H groups in total. The van der Waals surface area contributed by atoms with Crippen molar-refractivity contribution in [1.82, 2.24) is 10.1 Å². The third-order valence-electron chi connectivity index (χ3n) is 5.67. The molecule has 35 heavy (non-hydrogen) atoms. The van der Waals surface area contributed by atoms with Crippen LogP contribution in [0.1, 0.15) is 11.3 Å². The van der Waals surface area contributed by atoms with Gasteiger partial charge in [0.25, 0.3) is 5.89 Å². The number of furan rings is 1. The van der Waals surface area contributed by atoms with Crippen molar-refractivity contribution >= 4 is 22.6 Å². The van der Waals surface area contributed by atoms with Crippen LogP contribution in [0.25, 0.3) is 33.8 Å². The van der Waals surface area contributed by atoms with Crippen molar-refractivity contribution in [2.24, 2.45) is 5.73 Å². The molecule has 0 aliphatic heterocycles. The van der Waals surface area contributed by atoms with E-state index in [2.05, 4.69) is 10.1 Å². The molecule has 0 amide bonds. The highest BCUT2D eigenvalue weighted by Crippen LogP contribution is 2.33. The Morgan fingerprint density at radius 3 is 2.46 bits per heavy atom. The molecule has 0 aliphatic rings. The van der Waals surface area contributed by atoms with Gasteiger partial charge in [0.2, 0.25) is 5.82 Å². The van der Waals surface area contributed by atoms with E-state index in [-0.39, 0.29) is 5.76 Å². The van der Waals surface area contributed by atoms with Gasteiger partial charge < -0.3 is 29.6 Å². The summed E-state index contributed by atoms with van der Waals surface area (Å²) in [6.07, 6.45) is 0. The number of rotatable bonds is 8. The topological polar surface area (TPSA) is 128 Å². The fourth-order valence-electron chi connectivity index (χ4n) is 3.58. The average Bonchev–Trinajstić information content (AvgIpc) is 3.55. The van der Waals surface area contributed by atoms with Gasteiger partial charge in [0.05, 0.1) is 18.2 Å². The van der Waals surface area contributed by atoms with E-state index in [1.165, 1.54) is 0 Å². The lowest BCUT2D eigenvalue weighted by molar-refractivity contribution is 0.105. The van der Waals surface area contributed by atoms with E-state index < -0.39 is 18.8 Å². The minimum atomic E-state index is -1.37. The van der Waals surface area contributed by atoms with Crippen molar-refractivity contribution in [3.8, 4) is 28.6 Å². The maximum Gasteiger partial charge on any atom is 0.258 e. The van der Waals surface area contributed by atoms with Crippen molar-refractivity contribution < 1.29 is 23.9 Å². The van der Waals surface area contributed by atoms with Gasteiger partial charge in [-0.05, 0) is 48.0 Å². The summed E-state index contributed by atoms with van der Waals surface area (Å²) in [5.41, 5.74) is 7.61. The van der Waals surface area contributed by atoms with Crippen molar-refractivity contribution in [3.05, 3.63) is 89.1 Å². The molecular formula is C26H22ClN3O5. The molecule has 0 bridgehead atoms. The molecule has 0 radical (unpaired) electrons. The van der Waals surface area contributed by atoms with Crippen LogP contribution in [-0.4, -0.2) is 33.6 Å². The first-order valence-corrected chi connectivity index (χ1v) is 11.2. The molecule has 0 atom stereocenters. The Morgan fingerprint density at radius 2 is 1.71 bits per heavy atom. The number of aliphatic hydroxyl groups is 2. The predicted octanol–water partition coefficient (Wildman–Crippen LogP) is 4.52. The van der Waals surface area contributed by atoms with Gasteiger partial charge in [0.15, 0.2) is 0 Å². The first-order valence-electron chi connectivity index (χ1n) is 10.8. The van der Waals surface area contributed by atoms with Crippen molar-refractivity contribution in [2.45, 2.75) is 12.1 Å². The van der Waals surface area contributed by atoms with Gasteiger partial charge in [-0.2, -0.15) is 4.98 Å². The second-order valence-electron chi connectivity index (χ2n) is 8.18. The molecule has 9 heteroatoms. The first kappa shape index (κ1) is 23.1. The van der Waals surface area contributed by atoms with Crippen molar-refractivity contribution in [1.29, 1.82) is 0 Å². The predicted molar refractivity (Wildman–Crippen MR) is 131 cm³/mol. The molecule has 0 fully saturated rings. The third kappa shape index (κ3) is 4.65. The van der Waals surface area contributed by atoms with E-state index in [9.17, 15) is 10.2 Å². The number of hydrogen-bond acceptors (Lipinski definition) is 8. The number of hydrogen-bond donors (Lipinski definition) is 3. The summed E-state index contributed by atoms with van der Waals surface area (Å²) < 4.78 is 17.0. The standard InChI is InChI=1S/C26H22ClN3O5/c27-20-11-18(7-9-22(20)33-13-16-4-2-1-3-5-16)25-29-24(30-35-25)17-6-8-21-19(10-17)12-23(34-21)26(28,14-31)15-32/h1-12,31-32H,13-15,28H2. The summed E-state index contributed by atoms with van der Waals surface area (Å²) in [6.45, 7) is -0.503. The fourth-order valence-corrected chi connectivity index (χ4v) is 3.81. The monoisotopic (exact) mass is 491 g/mol. The molecule has 0 unspecified atom stereocenters. The number of nitrogens with two attached hydrogens (primary N) is 1. The summed E-state index contributed by atoms with van der Waals surface area (Å²) in [7, 11) is 0. The Morgan fingerprint density at radius 1 is 0.943 bits per heavy atom. The summed E-state index contributed by atoms with van der Waals surface area (Å²) >= 11 is 6.43. The zero-order valence-corrected chi connectivity index (χ0v) is 19.3. The van der Waals surface area contributed by atoms with E-state index in [4.69, 9.17) is 31.0 Å². The molecule has 8 nitrogen and oxygen atoms in total. The third-order valence-corrected chi connectivity index (χ3v) is 5.97. The zero-order chi connectivity index (χ0) is 24.4. The average molecular weight is 492 g/mol. The number of fused-ring (bicyclic) bond motifs is 1. The molecule has 178 valence electrons. The maximum absolute atomic E-state index is 9.53. The van der Waals surface area contributed by atoms with Crippen LogP contribution in [0, 0.1) is 0 Å². The maximum atomic E-state index is 9.53. The minimum Gasteiger partial charge on any atom is -0.487 e. The molecule has 5 rings (SSSR count). The molecule has 3 aromatic carbocycles. The quantitative estimate of drug-likeness (QED) is 0.289. The van der Waals surface area contributed by atoms with Gasteiger partial charge >= 0.3 is 0 Å². The Hall–Kier alpha value is -3.69. The normalized spacial score (nSPS) is 11.8. The van der Waals surface area contributed by atoms with Gasteiger partial charge in [-0.1, -0.05) is 47.1 Å². The van der Waals surface area contributed by atoms with Crippen molar-refractivity contribution in [3.63, 3.8) is 0 Å². The van der Waals surface area contributed by atoms with Crippen LogP contribution < -0.4 is 10.5 Å². The van der Waals surface area contributed by atoms with E-state index in [0.717, 1.165) is 10.9 Å². The van der Waals surface area contributed by atoms with Crippen molar-refractivity contribution in [2.75, 3.05) is 13.2 Å². The number of halogens is 1. The fraction of sp³-hybridized carbons (Fsp3) is 0.154. The Labute approximate surface area is 205 Å². The number of nitrogens with zero attached hydrogens (tertiary/aromatic N) is 2. The van der Waals surface area contributed by atoms with Gasteiger partial charge in [-0.15, -0.1) is 0 Å². The van der Waals surface area contributed by atoms with Crippen LogP contribution in [0.3, 0.4) is 0 Å². The molecular weight excluding hydrogens is 470 g/mol. The lowest BCUT2D eigenvalue weighted by Gasteiger charge is -2.21. The van der Waals surface area contributed by atoms with E-state index >= 15 is 0 Å². The van der Waals surface area contributed by atoms with Gasteiger partial charge in [0.1, 0.15) is 29.2 Å². The zero-order valence-electron chi connectivity index (χ0n) is 18.5.